The Bertz CT molecular complexity index is 1190. The van der Waals surface area contributed by atoms with Crippen molar-refractivity contribution in [1.82, 2.24) is 9.88 Å². The lowest BCUT2D eigenvalue weighted by Crippen LogP contribution is -2.33. The molecule has 0 amide bonds. The molecule has 0 bridgehead atoms. The van der Waals surface area contributed by atoms with Gasteiger partial charge in [-0.3, -0.25) is 0 Å². The van der Waals surface area contributed by atoms with E-state index >= 15 is 0 Å². The minimum atomic E-state index is -0.891. The molecule has 0 aliphatic heterocycles. The summed E-state index contributed by atoms with van der Waals surface area (Å²) in [6, 6.07) is 16.0. The number of para-hydroxylation sites is 1. The molecule has 2 atom stereocenters. The number of benzene rings is 3. The van der Waals surface area contributed by atoms with Crippen molar-refractivity contribution >= 4 is 10.9 Å². The van der Waals surface area contributed by atoms with E-state index < -0.39 is 29.6 Å². The molecule has 0 aliphatic carbocycles. The molecule has 154 valence electrons. The Labute approximate surface area is 172 Å². The number of nitrogens with zero attached hydrogens (tertiary/aromatic N) is 1. The van der Waals surface area contributed by atoms with Crippen molar-refractivity contribution in [3.63, 3.8) is 0 Å². The van der Waals surface area contributed by atoms with Gasteiger partial charge in [0, 0.05) is 34.8 Å². The van der Waals surface area contributed by atoms with Gasteiger partial charge in [-0.05, 0) is 49.0 Å². The Hall–Kier alpha value is -3.09. The minimum absolute atomic E-state index is 0.131. The molecule has 2 N–H and O–H groups in total. The normalized spacial score (nSPS) is 13.5. The molecule has 0 saturated carbocycles. The van der Waals surface area contributed by atoms with Crippen LogP contribution in [0.4, 0.5) is 13.2 Å². The highest BCUT2D eigenvalue weighted by atomic mass is 19.1. The third-order valence-corrected chi connectivity index (χ3v) is 5.23. The van der Waals surface area contributed by atoms with E-state index in [0.717, 1.165) is 23.7 Å². The van der Waals surface area contributed by atoms with Gasteiger partial charge in [-0.1, -0.05) is 30.3 Å². The van der Waals surface area contributed by atoms with E-state index in [1.807, 2.05) is 24.3 Å². The lowest BCUT2D eigenvalue weighted by atomic mass is 10.0. The zero-order chi connectivity index (χ0) is 21.3. The Balaban J connectivity index is 1.97. The van der Waals surface area contributed by atoms with E-state index in [1.54, 1.807) is 29.9 Å². The van der Waals surface area contributed by atoms with Crippen LogP contribution in [0.3, 0.4) is 0 Å². The van der Waals surface area contributed by atoms with E-state index in [2.05, 4.69) is 5.32 Å². The van der Waals surface area contributed by atoms with Crippen LogP contribution in [-0.2, 0) is 0 Å². The summed E-state index contributed by atoms with van der Waals surface area (Å²) >= 11 is 0. The third-order valence-electron chi connectivity index (χ3n) is 5.23. The smallest absolute Gasteiger partial charge is 0.131 e. The first-order valence-electron chi connectivity index (χ1n) is 9.62. The Kier molecular flexibility index (Phi) is 5.61. The van der Waals surface area contributed by atoms with Gasteiger partial charge in [0.05, 0.1) is 12.1 Å². The number of hydrogen-bond acceptors (Lipinski definition) is 2. The third kappa shape index (κ3) is 3.72. The number of aliphatic hydroxyl groups is 1. The zero-order valence-electron chi connectivity index (χ0n) is 16.3. The number of hydrogen-bond donors (Lipinski definition) is 2. The maximum atomic E-state index is 14.6. The molecule has 0 fully saturated rings. The molecule has 30 heavy (non-hydrogen) atoms. The van der Waals surface area contributed by atoms with Crippen LogP contribution in [0.15, 0.2) is 72.9 Å². The van der Waals surface area contributed by atoms with Gasteiger partial charge in [0.1, 0.15) is 17.5 Å². The molecule has 2 unspecified atom stereocenters. The molecule has 3 nitrogen and oxygen atoms in total. The second-order valence-electron chi connectivity index (χ2n) is 7.22. The Morgan fingerprint density at radius 1 is 0.900 bits per heavy atom. The molecule has 4 rings (SSSR count). The summed E-state index contributed by atoms with van der Waals surface area (Å²) in [4.78, 5) is 0. The molecule has 0 aliphatic rings. The van der Waals surface area contributed by atoms with Crippen LogP contribution in [0.1, 0.15) is 11.6 Å². The highest BCUT2D eigenvalue weighted by Crippen LogP contribution is 2.36. The second kappa shape index (κ2) is 8.34. The quantitative estimate of drug-likeness (QED) is 0.475. The molecule has 0 radical (unpaired) electrons. The topological polar surface area (TPSA) is 37.2 Å². The Morgan fingerprint density at radius 2 is 1.67 bits per heavy atom. The van der Waals surface area contributed by atoms with Crippen LogP contribution in [0.25, 0.3) is 22.0 Å². The molecule has 1 heterocycles. The number of aliphatic hydroxyl groups excluding tert-OH is 1. The molecular weight excluding hydrogens is 389 g/mol. The van der Waals surface area contributed by atoms with Crippen LogP contribution < -0.4 is 5.32 Å². The maximum Gasteiger partial charge on any atom is 0.131 e. The van der Waals surface area contributed by atoms with Gasteiger partial charge in [0.25, 0.3) is 0 Å². The minimum Gasteiger partial charge on any atom is -0.389 e. The van der Waals surface area contributed by atoms with Crippen LogP contribution in [0.5, 0.6) is 0 Å². The highest BCUT2D eigenvalue weighted by molar-refractivity contribution is 5.96. The van der Waals surface area contributed by atoms with Crippen molar-refractivity contribution in [2.75, 3.05) is 13.6 Å². The van der Waals surface area contributed by atoms with Crippen molar-refractivity contribution in [3.05, 3.63) is 95.9 Å². The van der Waals surface area contributed by atoms with Gasteiger partial charge in [0.2, 0.25) is 0 Å². The van der Waals surface area contributed by atoms with E-state index in [0.29, 0.717) is 16.5 Å². The summed E-state index contributed by atoms with van der Waals surface area (Å²) in [7, 11) is 1.72. The molecule has 1 aromatic heterocycles. The maximum absolute atomic E-state index is 14.6. The van der Waals surface area contributed by atoms with Crippen molar-refractivity contribution < 1.29 is 18.3 Å². The molecule has 6 heteroatoms. The summed E-state index contributed by atoms with van der Waals surface area (Å²) in [5.41, 5.74) is 1.93. The summed E-state index contributed by atoms with van der Waals surface area (Å²) in [5.74, 6) is -1.50. The van der Waals surface area contributed by atoms with Gasteiger partial charge in [-0.25, -0.2) is 13.2 Å². The average molecular weight is 410 g/mol. The fourth-order valence-electron chi connectivity index (χ4n) is 3.93. The SMILES string of the molecule is CNCC(O)C(c1cccc(F)c1)n1cc(-c2cc(F)ccc2F)c2ccccc21. The molecule has 4 aromatic rings. The van der Waals surface area contributed by atoms with Gasteiger partial charge < -0.3 is 15.0 Å². The second-order valence-corrected chi connectivity index (χ2v) is 7.22. The predicted octanol–water partition coefficient (Wildman–Crippen LogP) is 4.90. The van der Waals surface area contributed by atoms with Crippen LogP contribution in [0, 0.1) is 17.5 Å². The van der Waals surface area contributed by atoms with Crippen LogP contribution in [-0.4, -0.2) is 29.4 Å². The van der Waals surface area contributed by atoms with Gasteiger partial charge in [-0.2, -0.15) is 0 Å². The van der Waals surface area contributed by atoms with Crippen molar-refractivity contribution in [3.8, 4) is 11.1 Å². The van der Waals surface area contributed by atoms with Crippen molar-refractivity contribution in [2.45, 2.75) is 12.1 Å². The van der Waals surface area contributed by atoms with E-state index in [1.165, 1.54) is 12.1 Å². The molecule has 0 spiro atoms. The number of likely N-dealkylation sites (N-methyl/N-ethyl adjacent to an activating group) is 1. The largest absolute Gasteiger partial charge is 0.389 e. The summed E-state index contributed by atoms with van der Waals surface area (Å²) in [6.07, 6.45) is 0.801. The molecule has 0 saturated heterocycles. The standard InChI is InChI=1S/C24H21F3N2O/c1-28-13-23(30)24(15-5-4-6-16(25)11-15)29-14-20(18-7-2-3-8-22(18)29)19-12-17(26)9-10-21(19)27/h2-12,14,23-24,28,30H,13H2,1H3. The fraction of sp³-hybridized carbons (Fsp3) is 0.167. The van der Waals surface area contributed by atoms with Crippen LogP contribution in [0.2, 0.25) is 0 Å². The number of rotatable bonds is 6. The van der Waals surface area contributed by atoms with E-state index in [4.69, 9.17) is 0 Å². The predicted molar refractivity (Wildman–Crippen MR) is 112 cm³/mol. The molecular formula is C24H21F3N2O. The van der Waals surface area contributed by atoms with Crippen molar-refractivity contribution in [1.29, 1.82) is 0 Å². The Morgan fingerprint density at radius 3 is 2.43 bits per heavy atom. The number of nitrogens with one attached hydrogen (secondary N) is 1. The average Bonchev–Trinajstić information content (AvgIpc) is 3.10. The first kappa shape index (κ1) is 20.2. The van der Waals surface area contributed by atoms with Gasteiger partial charge >= 0.3 is 0 Å². The van der Waals surface area contributed by atoms with Gasteiger partial charge in [-0.15, -0.1) is 0 Å². The van der Waals surface area contributed by atoms with Crippen molar-refractivity contribution in [2.24, 2.45) is 0 Å². The van der Waals surface area contributed by atoms with Crippen LogP contribution >= 0.6 is 0 Å². The lowest BCUT2D eigenvalue weighted by molar-refractivity contribution is 0.132. The molecule has 3 aromatic carbocycles. The highest BCUT2D eigenvalue weighted by Gasteiger charge is 2.26. The number of halogens is 3. The first-order valence-corrected chi connectivity index (χ1v) is 9.62. The summed E-state index contributed by atoms with van der Waals surface area (Å²) < 4.78 is 44.2. The van der Waals surface area contributed by atoms with Gasteiger partial charge in [0.15, 0.2) is 0 Å². The zero-order valence-corrected chi connectivity index (χ0v) is 16.3. The number of aromatic nitrogens is 1. The first-order chi connectivity index (χ1) is 14.5. The lowest BCUT2D eigenvalue weighted by Gasteiger charge is -2.26. The van der Waals surface area contributed by atoms with E-state index in [9.17, 15) is 18.3 Å². The number of fused-ring (bicyclic) bond motifs is 1. The summed E-state index contributed by atoms with van der Waals surface area (Å²) in [6.45, 7) is 0.261. The summed E-state index contributed by atoms with van der Waals surface area (Å²) in [5, 5.41) is 14.6. The fourth-order valence-corrected chi connectivity index (χ4v) is 3.93. The monoisotopic (exact) mass is 410 g/mol. The van der Waals surface area contributed by atoms with E-state index in [-0.39, 0.29) is 12.1 Å².